The van der Waals surface area contributed by atoms with E-state index in [4.69, 9.17) is 4.74 Å². The Morgan fingerprint density at radius 3 is 2.60 bits per heavy atom. The number of nitrogens with one attached hydrogen (secondary N) is 1. The van der Waals surface area contributed by atoms with Crippen molar-refractivity contribution in [3.8, 4) is 0 Å². The molecular formula is C16H30N2O2. The molecule has 4 heteroatoms. The Bertz CT molecular complexity index is 320. The number of carbonyl (C=O) groups excluding carboxylic acids is 1. The maximum atomic E-state index is 13.0. The van der Waals surface area contributed by atoms with Crippen molar-refractivity contribution >= 4 is 5.91 Å². The molecule has 20 heavy (non-hydrogen) atoms. The SMILES string of the molecule is CCCC(COC)N1C(=O)C2(CCCC2)NC1CCC. The molecule has 2 rings (SSSR count). The molecule has 116 valence electrons. The zero-order chi connectivity index (χ0) is 14.6. The van der Waals surface area contributed by atoms with Gasteiger partial charge in [-0.3, -0.25) is 10.1 Å². The van der Waals surface area contributed by atoms with Crippen molar-refractivity contribution < 1.29 is 9.53 Å². The van der Waals surface area contributed by atoms with Gasteiger partial charge >= 0.3 is 0 Å². The third-order valence-corrected chi connectivity index (χ3v) is 4.82. The topological polar surface area (TPSA) is 41.6 Å². The van der Waals surface area contributed by atoms with Gasteiger partial charge in [0.2, 0.25) is 5.91 Å². The van der Waals surface area contributed by atoms with Crippen LogP contribution in [-0.2, 0) is 9.53 Å². The van der Waals surface area contributed by atoms with E-state index in [9.17, 15) is 4.79 Å². The molecular weight excluding hydrogens is 252 g/mol. The Morgan fingerprint density at radius 2 is 2.05 bits per heavy atom. The second kappa shape index (κ2) is 6.90. The fourth-order valence-corrected chi connectivity index (χ4v) is 3.91. The molecule has 1 heterocycles. The van der Waals surface area contributed by atoms with E-state index >= 15 is 0 Å². The standard InChI is InChI=1S/C16H30N2O2/c1-4-8-13(12-20-3)18-14(9-5-2)17-16(15(18)19)10-6-7-11-16/h13-14,17H,4-12H2,1-3H3. The summed E-state index contributed by atoms with van der Waals surface area (Å²) >= 11 is 0. The van der Waals surface area contributed by atoms with Crippen molar-refractivity contribution in [2.45, 2.75) is 83.0 Å². The molecule has 0 bridgehead atoms. The molecule has 1 spiro atoms. The molecule has 2 unspecified atom stereocenters. The molecule has 1 saturated heterocycles. The van der Waals surface area contributed by atoms with Crippen LogP contribution in [0.1, 0.15) is 65.2 Å². The van der Waals surface area contributed by atoms with Crippen molar-refractivity contribution in [1.82, 2.24) is 10.2 Å². The predicted octanol–water partition coefficient (Wildman–Crippen LogP) is 2.67. The quantitative estimate of drug-likeness (QED) is 0.780. The van der Waals surface area contributed by atoms with Crippen LogP contribution in [0.4, 0.5) is 0 Å². The van der Waals surface area contributed by atoms with E-state index in [0.717, 1.165) is 38.5 Å². The highest BCUT2D eigenvalue weighted by atomic mass is 16.5. The summed E-state index contributed by atoms with van der Waals surface area (Å²) in [5.74, 6) is 0.337. The lowest BCUT2D eigenvalue weighted by Crippen LogP contribution is -2.47. The van der Waals surface area contributed by atoms with Crippen molar-refractivity contribution in [3.63, 3.8) is 0 Å². The fraction of sp³-hybridized carbons (Fsp3) is 0.938. The molecule has 2 atom stereocenters. The summed E-state index contributed by atoms with van der Waals surface area (Å²) in [6.45, 7) is 5.02. The number of carbonyl (C=O) groups is 1. The van der Waals surface area contributed by atoms with Gasteiger partial charge in [-0.15, -0.1) is 0 Å². The summed E-state index contributed by atoms with van der Waals surface area (Å²) < 4.78 is 5.37. The van der Waals surface area contributed by atoms with Gasteiger partial charge in [-0.25, -0.2) is 0 Å². The first-order valence-corrected chi connectivity index (χ1v) is 8.28. The van der Waals surface area contributed by atoms with Crippen molar-refractivity contribution in [3.05, 3.63) is 0 Å². The Kier molecular flexibility index (Phi) is 5.44. The smallest absolute Gasteiger partial charge is 0.244 e. The molecule has 1 N–H and O–H groups in total. The van der Waals surface area contributed by atoms with Crippen LogP contribution in [-0.4, -0.2) is 42.3 Å². The van der Waals surface area contributed by atoms with Crippen LogP contribution in [0.5, 0.6) is 0 Å². The molecule has 0 aromatic rings. The molecule has 1 amide bonds. The summed E-state index contributed by atoms with van der Waals surface area (Å²) in [7, 11) is 1.73. The third kappa shape index (κ3) is 2.86. The molecule has 4 nitrogen and oxygen atoms in total. The van der Waals surface area contributed by atoms with Gasteiger partial charge in [-0.2, -0.15) is 0 Å². The average molecular weight is 282 g/mol. The van der Waals surface area contributed by atoms with E-state index < -0.39 is 0 Å². The molecule has 1 aliphatic heterocycles. The van der Waals surface area contributed by atoms with Gasteiger partial charge in [0.15, 0.2) is 0 Å². The minimum Gasteiger partial charge on any atom is -0.383 e. The number of hydrogen-bond acceptors (Lipinski definition) is 3. The lowest BCUT2D eigenvalue weighted by molar-refractivity contribution is -0.136. The van der Waals surface area contributed by atoms with Gasteiger partial charge in [-0.05, 0) is 25.7 Å². The Labute approximate surface area is 123 Å². The Balaban J connectivity index is 2.19. The van der Waals surface area contributed by atoms with Crippen molar-refractivity contribution in [2.24, 2.45) is 0 Å². The fourth-order valence-electron chi connectivity index (χ4n) is 3.91. The van der Waals surface area contributed by atoms with Gasteiger partial charge in [0, 0.05) is 7.11 Å². The summed E-state index contributed by atoms with van der Waals surface area (Å²) in [5, 5.41) is 3.69. The molecule has 0 aromatic heterocycles. The van der Waals surface area contributed by atoms with Crippen LogP contribution in [0.25, 0.3) is 0 Å². The Hall–Kier alpha value is -0.610. The summed E-state index contributed by atoms with van der Waals surface area (Å²) in [4.78, 5) is 15.1. The lowest BCUT2D eigenvalue weighted by Gasteiger charge is -2.32. The highest BCUT2D eigenvalue weighted by Crippen LogP contribution is 2.38. The van der Waals surface area contributed by atoms with Gasteiger partial charge in [0.05, 0.1) is 24.4 Å². The molecule has 1 saturated carbocycles. The van der Waals surface area contributed by atoms with Gasteiger partial charge < -0.3 is 9.64 Å². The summed E-state index contributed by atoms with van der Waals surface area (Å²) in [5.41, 5.74) is -0.250. The predicted molar refractivity (Wildman–Crippen MR) is 80.4 cm³/mol. The first-order valence-electron chi connectivity index (χ1n) is 8.28. The van der Waals surface area contributed by atoms with E-state index in [0.29, 0.717) is 12.5 Å². The van der Waals surface area contributed by atoms with E-state index in [1.165, 1.54) is 12.8 Å². The normalized spacial score (nSPS) is 26.6. The third-order valence-electron chi connectivity index (χ3n) is 4.82. The van der Waals surface area contributed by atoms with Crippen LogP contribution < -0.4 is 5.32 Å². The molecule has 2 fully saturated rings. The summed E-state index contributed by atoms with van der Waals surface area (Å²) in [6, 6.07) is 0.224. The van der Waals surface area contributed by atoms with E-state index in [-0.39, 0.29) is 17.7 Å². The maximum Gasteiger partial charge on any atom is 0.244 e. The number of hydrogen-bond donors (Lipinski definition) is 1. The molecule has 0 aromatic carbocycles. The van der Waals surface area contributed by atoms with E-state index in [2.05, 4.69) is 24.1 Å². The van der Waals surface area contributed by atoms with Gasteiger partial charge in [0.1, 0.15) is 0 Å². The summed E-state index contributed by atoms with van der Waals surface area (Å²) in [6.07, 6.45) is 8.82. The maximum absolute atomic E-state index is 13.0. The average Bonchev–Trinajstić information content (AvgIpc) is 2.98. The monoisotopic (exact) mass is 282 g/mol. The van der Waals surface area contributed by atoms with Crippen LogP contribution in [0.3, 0.4) is 0 Å². The Morgan fingerprint density at radius 1 is 1.35 bits per heavy atom. The van der Waals surface area contributed by atoms with Gasteiger partial charge in [-0.1, -0.05) is 39.5 Å². The number of nitrogens with zero attached hydrogens (tertiary/aromatic N) is 1. The van der Waals surface area contributed by atoms with Crippen LogP contribution in [0, 0.1) is 0 Å². The first kappa shape index (κ1) is 15.8. The molecule has 0 radical (unpaired) electrons. The van der Waals surface area contributed by atoms with Crippen LogP contribution in [0.2, 0.25) is 0 Å². The second-order valence-corrected chi connectivity index (χ2v) is 6.35. The second-order valence-electron chi connectivity index (χ2n) is 6.35. The largest absolute Gasteiger partial charge is 0.383 e. The van der Waals surface area contributed by atoms with Crippen molar-refractivity contribution in [1.29, 1.82) is 0 Å². The number of methoxy groups -OCH3 is 1. The number of rotatable bonds is 7. The lowest BCUT2D eigenvalue weighted by atomic mass is 9.97. The zero-order valence-corrected chi connectivity index (χ0v) is 13.3. The highest BCUT2D eigenvalue weighted by Gasteiger charge is 2.53. The minimum atomic E-state index is -0.250. The highest BCUT2D eigenvalue weighted by molar-refractivity contribution is 5.89. The molecule has 1 aliphatic carbocycles. The van der Waals surface area contributed by atoms with Crippen LogP contribution in [0.15, 0.2) is 0 Å². The zero-order valence-electron chi connectivity index (χ0n) is 13.3. The van der Waals surface area contributed by atoms with Gasteiger partial charge in [0.25, 0.3) is 0 Å². The number of ether oxygens (including phenoxy) is 1. The first-order chi connectivity index (χ1) is 9.68. The van der Waals surface area contributed by atoms with Crippen molar-refractivity contribution in [2.75, 3.05) is 13.7 Å². The minimum absolute atomic E-state index is 0.206. The van der Waals surface area contributed by atoms with E-state index in [1.54, 1.807) is 7.11 Å². The number of amides is 1. The van der Waals surface area contributed by atoms with E-state index in [1.807, 2.05) is 0 Å². The van der Waals surface area contributed by atoms with Crippen LogP contribution >= 0.6 is 0 Å². The molecule has 2 aliphatic rings.